The SMILES string of the molecule is COc1ccccc1Nc1ncccc1C(=O)OCC(=O)c1ccc(CCNC(C)=O)s1. The zero-order valence-corrected chi connectivity index (χ0v) is 18.5. The number of carbonyl (C=O) groups is 3. The molecule has 0 bridgehead atoms. The number of rotatable bonds is 10. The molecule has 0 aliphatic carbocycles. The highest BCUT2D eigenvalue weighted by Crippen LogP contribution is 2.28. The first-order valence-corrected chi connectivity index (χ1v) is 10.7. The number of pyridine rings is 1. The van der Waals surface area contributed by atoms with Gasteiger partial charge in [0.05, 0.1) is 17.7 Å². The first kappa shape index (κ1) is 23.0. The minimum Gasteiger partial charge on any atom is -0.495 e. The van der Waals surface area contributed by atoms with Crippen molar-refractivity contribution in [1.29, 1.82) is 0 Å². The molecule has 3 rings (SSSR count). The van der Waals surface area contributed by atoms with Crippen molar-refractivity contribution in [3.8, 4) is 5.75 Å². The van der Waals surface area contributed by atoms with E-state index in [4.69, 9.17) is 9.47 Å². The van der Waals surface area contributed by atoms with Gasteiger partial charge in [-0.1, -0.05) is 12.1 Å². The number of aromatic nitrogens is 1. The van der Waals surface area contributed by atoms with Crippen LogP contribution in [0.25, 0.3) is 0 Å². The Balaban J connectivity index is 1.61. The summed E-state index contributed by atoms with van der Waals surface area (Å²) in [7, 11) is 1.55. The fourth-order valence-electron chi connectivity index (χ4n) is 2.85. The predicted octanol–water partition coefficient (Wildman–Crippen LogP) is 3.61. The van der Waals surface area contributed by atoms with Gasteiger partial charge in [-0.25, -0.2) is 9.78 Å². The number of hydrogen-bond acceptors (Lipinski definition) is 8. The molecular formula is C23H23N3O5S. The molecule has 0 atom stereocenters. The Kier molecular flexibility index (Phi) is 7.93. The van der Waals surface area contributed by atoms with E-state index in [1.165, 1.54) is 18.3 Å². The Labute approximate surface area is 189 Å². The first-order chi connectivity index (χ1) is 15.5. The minimum atomic E-state index is -0.661. The van der Waals surface area contributed by atoms with Crippen molar-refractivity contribution in [2.45, 2.75) is 13.3 Å². The molecule has 0 spiro atoms. The molecule has 32 heavy (non-hydrogen) atoms. The van der Waals surface area contributed by atoms with Crippen LogP contribution in [0.3, 0.4) is 0 Å². The summed E-state index contributed by atoms with van der Waals surface area (Å²) in [5.74, 6) is -0.159. The van der Waals surface area contributed by atoms with Gasteiger partial charge in [-0.2, -0.15) is 0 Å². The number of Topliss-reactive ketones (excluding diaryl/α,β-unsaturated/α-hetero) is 1. The molecule has 8 nitrogen and oxygen atoms in total. The van der Waals surface area contributed by atoms with Gasteiger partial charge in [-0.05, 0) is 42.8 Å². The van der Waals surface area contributed by atoms with E-state index in [1.807, 2.05) is 18.2 Å². The van der Waals surface area contributed by atoms with Crippen LogP contribution in [-0.2, 0) is 16.0 Å². The fraction of sp³-hybridized carbons (Fsp3) is 0.217. The van der Waals surface area contributed by atoms with Crippen molar-refractivity contribution in [2.24, 2.45) is 0 Å². The third-order valence-corrected chi connectivity index (χ3v) is 5.59. The molecule has 9 heteroatoms. The minimum absolute atomic E-state index is 0.0975. The van der Waals surface area contributed by atoms with Crippen LogP contribution in [0, 0.1) is 0 Å². The van der Waals surface area contributed by atoms with Gasteiger partial charge in [0.15, 0.2) is 6.61 Å². The Morgan fingerprint density at radius 3 is 2.66 bits per heavy atom. The Morgan fingerprint density at radius 1 is 1.06 bits per heavy atom. The van der Waals surface area contributed by atoms with Gasteiger partial charge in [0.2, 0.25) is 11.7 Å². The number of benzene rings is 1. The van der Waals surface area contributed by atoms with Crippen molar-refractivity contribution >= 4 is 40.5 Å². The maximum atomic E-state index is 12.6. The van der Waals surface area contributed by atoms with Gasteiger partial charge in [0.1, 0.15) is 17.1 Å². The van der Waals surface area contributed by atoms with Gasteiger partial charge < -0.3 is 20.1 Å². The molecule has 1 aromatic carbocycles. The number of carbonyl (C=O) groups excluding carboxylic acids is 3. The van der Waals surface area contributed by atoms with Crippen molar-refractivity contribution in [1.82, 2.24) is 10.3 Å². The van der Waals surface area contributed by atoms with Gasteiger partial charge in [0.25, 0.3) is 0 Å². The quantitative estimate of drug-likeness (QED) is 0.357. The molecule has 0 radical (unpaired) electrons. The van der Waals surface area contributed by atoms with Gasteiger partial charge in [0, 0.05) is 24.5 Å². The van der Waals surface area contributed by atoms with E-state index in [1.54, 1.807) is 43.6 Å². The van der Waals surface area contributed by atoms with E-state index < -0.39 is 5.97 Å². The third kappa shape index (κ3) is 6.14. The molecule has 2 N–H and O–H groups in total. The number of hydrogen-bond donors (Lipinski definition) is 2. The Bertz CT molecular complexity index is 1110. The number of methoxy groups -OCH3 is 1. The number of thiophene rings is 1. The molecule has 2 aromatic heterocycles. The van der Waals surface area contributed by atoms with Crippen LogP contribution in [-0.4, -0.2) is 42.9 Å². The normalized spacial score (nSPS) is 10.3. The molecule has 0 saturated heterocycles. The lowest BCUT2D eigenvalue weighted by Gasteiger charge is -2.13. The summed E-state index contributed by atoms with van der Waals surface area (Å²) in [6.07, 6.45) is 2.18. The van der Waals surface area contributed by atoms with Crippen LogP contribution < -0.4 is 15.4 Å². The maximum absolute atomic E-state index is 12.6. The van der Waals surface area contributed by atoms with E-state index in [9.17, 15) is 14.4 Å². The maximum Gasteiger partial charge on any atom is 0.342 e. The standard InChI is InChI=1S/C23H23N3O5S/c1-15(27)24-13-11-16-9-10-21(32-16)19(28)14-31-23(29)17-6-5-12-25-22(17)26-18-7-3-4-8-20(18)30-2/h3-10,12H,11,13-14H2,1-2H3,(H,24,27)(H,25,26). The van der Waals surface area contributed by atoms with Crippen molar-refractivity contribution < 1.29 is 23.9 Å². The molecule has 1 amide bonds. The first-order valence-electron chi connectivity index (χ1n) is 9.86. The van der Waals surface area contributed by atoms with E-state index in [-0.39, 0.29) is 23.9 Å². The van der Waals surface area contributed by atoms with Crippen LogP contribution >= 0.6 is 11.3 Å². The average molecular weight is 454 g/mol. The molecule has 166 valence electrons. The summed E-state index contributed by atoms with van der Waals surface area (Å²) >= 11 is 1.32. The summed E-state index contributed by atoms with van der Waals surface area (Å²) in [6, 6.07) is 14.0. The number of anilines is 2. The number of esters is 1. The fourth-order valence-corrected chi connectivity index (χ4v) is 3.78. The van der Waals surface area contributed by atoms with Gasteiger partial charge >= 0.3 is 5.97 Å². The van der Waals surface area contributed by atoms with Crippen LogP contribution in [0.5, 0.6) is 5.75 Å². The lowest BCUT2D eigenvalue weighted by molar-refractivity contribution is -0.118. The number of para-hydroxylation sites is 2. The zero-order valence-electron chi connectivity index (χ0n) is 17.7. The van der Waals surface area contributed by atoms with E-state index in [2.05, 4.69) is 15.6 Å². The monoisotopic (exact) mass is 453 g/mol. The molecule has 3 aromatic rings. The van der Waals surface area contributed by atoms with Crippen molar-refractivity contribution in [3.05, 3.63) is 70.0 Å². The lowest BCUT2D eigenvalue weighted by atomic mass is 10.2. The predicted molar refractivity (Wildman–Crippen MR) is 122 cm³/mol. The Morgan fingerprint density at radius 2 is 1.88 bits per heavy atom. The molecule has 0 aliphatic heterocycles. The van der Waals surface area contributed by atoms with E-state index in [0.29, 0.717) is 35.1 Å². The Hall–Kier alpha value is -3.72. The van der Waals surface area contributed by atoms with Crippen LogP contribution in [0.15, 0.2) is 54.7 Å². The van der Waals surface area contributed by atoms with Crippen LogP contribution in [0.4, 0.5) is 11.5 Å². The molecule has 2 heterocycles. The van der Waals surface area contributed by atoms with Gasteiger partial charge in [-0.15, -0.1) is 11.3 Å². The summed E-state index contributed by atoms with van der Waals surface area (Å²) in [5.41, 5.74) is 0.845. The third-order valence-electron chi connectivity index (χ3n) is 4.40. The second kappa shape index (κ2) is 11.1. The topological polar surface area (TPSA) is 107 Å². The number of ether oxygens (including phenoxy) is 2. The van der Waals surface area contributed by atoms with E-state index >= 15 is 0 Å². The second-order valence-corrected chi connectivity index (χ2v) is 7.89. The summed E-state index contributed by atoms with van der Waals surface area (Å²) < 4.78 is 10.6. The number of amides is 1. The highest BCUT2D eigenvalue weighted by atomic mass is 32.1. The molecular weight excluding hydrogens is 430 g/mol. The molecule has 0 fully saturated rings. The highest BCUT2D eigenvalue weighted by Gasteiger charge is 2.18. The number of ketones is 1. The summed E-state index contributed by atoms with van der Waals surface area (Å²) in [4.78, 5) is 41.7. The van der Waals surface area contributed by atoms with E-state index in [0.717, 1.165) is 4.88 Å². The van der Waals surface area contributed by atoms with Gasteiger partial charge in [-0.3, -0.25) is 9.59 Å². The number of nitrogens with one attached hydrogen (secondary N) is 2. The average Bonchev–Trinajstić information content (AvgIpc) is 3.27. The number of nitrogens with zero attached hydrogens (tertiary/aromatic N) is 1. The summed E-state index contributed by atoms with van der Waals surface area (Å²) in [6.45, 7) is 1.58. The lowest BCUT2D eigenvalue weighted by Crippen LogP contribution is -2.22. The molecule has 0 unspecified atom stereocenters. The smallest absolute Gasteiger partial charge is 0.342 e. The highest BCUT2D eigenvalue weighted by molar-refractivity contribution is 7.14. The van der Waals surface area contributed by atoms with Crippen molar-refractivity contribution in [3.63, 3.8) is 0 Å². The van der Waals surface area contributed by atoms with Crippen molar-refractivity contribution in [2.75, 3.05) is 25.6 Å². The largest absolute Gasteiger partial charge is 0.495 e. The van der Waals surface area contributed by atoms with Crippen LogP contribution in [0.2, 0.25) is 0 Å². The van der Waals surface area contributed by atoms with Crippen LogP contribution in [0.1, 0.15) is 31.8 Å². The zero-order chi connectivity index (χ0) is 22.9. The molecule has 0 aliphatic rings. The second-order valence-electron chi connectivity index (χ2n) is 6.72. The molecule has 0 saturated carbocycles. The summed E-state index contributed by atoms with van der Waals surface area (Å²) in [5, 5.41) is 5.79.